The molecule has 0 aliphatic carbocycles. The number of morpholine rings is 1. The maximum atomic E-state index is 12.7. The molecule has 2 aliphatic heterocycles. The van der Waals surface area contributed by atoms with E-state index in [1.165, 1.54) is 0 Å². The number of nitrogens with zero attached hydrogens (tertiary/aromatic N) is 5. The van der Waals surface area contributed by atoms with Gasteiger partial charge in [0.2, 0.25) is 5.95 Å². The van der Waals surface area contributed by atoms with Crippen LogP contribution < -0.4 is 10.2 Å². The highest BCUT2D eigenvalue weighted by molar-refractivity contribution is 5.98. The van der Waals surface area contributed by atoms with Crippen molar-refractivity contribution in [2.75, 3.05) is 36.5 Å². The molecule has 166 valence electrons. The van der Waals surface area contributed by atoms with E-state index in [4.69, 9.17) is 9.72 Å². The van der Waals surface area contributed by atoms with E-state index in [1.54, 1.807) is 12.4 Å². The molecule has 32 heavy (non-hydrogen) atoms. The molecule has 1 saturated heterocycles. The fourth-order valence-electron chi connectivity index (χ4n) is 4.71. The van der Waals surface area contributed by atoms with E-state index >= 15 is 0 Å². The van der Waals surface area contributed by atoms with Gasteiger partial charge < -0.3 is 19.5 Å². The summed E-state index contributed by atoms with van der Waals surface area (Å²) in [4.78, 5) is 28.6. The van der Waals surface area contributed by atoms with E-state index in [-0.39, 0.29) is 5.78 Å². The molecule has 3 aromatic rings. The number of ketones is 1. The Morgan fingerprint density at radius 2 is 1.88 bits per heavy atom. The summed E-state index contributed by atoms with van der Waals surface area (Å²) in [6.07, 6.45) is 6.15. The molecule has 3 aromatic heterocycles. The summed E-state index contributed by atoms with van der Waals surface area (Å²) < 4.78 is 7.58. The smallest absolute Gasteiger partial charge is 0.227 e. The van der Waals surface area contributed by atoms with Crippen molar-refractivity contribution in [3.8, 4) is 11.3 Å². The lowest BCUT2D eigenvalue weighted by Gasteiger charge is -2.27. The minimum Gasteiger partial charge on any atom is -0.378 e. The van der Waals surface area contributed by atoms with Crippen LogP contribution in [0.15, 0.2) is 30.6 Å². The predicted octanol–water partition coefficient (Wildman–Crippen LogP) is 3.90. The molecular formula is C24H28N6O2. The summed E-state index contributed by atoms with van der Waals surface area (Å²) in [6, 6.07) is 5.90. The third kappa shape index (κ3) is 3.86. The first-order chi connectivity index (χ1) is 15.6. The summed E-state index contributed by atoms with van der Waals surface area (Å²) >= 11 is 0. The van der Waals surface area contributed by atoms with Gasteiger partial charge in [-0.05, 0) is 50.5 Å². The van der Waals surface area contributed by atoms with E-state index in [0.717, 1.165) is 85.4 Å². The number of pyridine rings is 1. The first kappa shape index (κ1) is 20.6. The average Bonchev–Trinajstić information content (AvgIpc) is 2.94. The number of carbonyl (C=O) groups excluding carboxylic acids is 1. The highest BCUT2D eigenvalue weighted by Gasteiger charge is 2.25. The van der Waals surface area contributed by atoms with Crippen LogP contribution in [0.25, 0.3) is 11.3 Å². The number of aromatic nitrogens is 4. The number of carbonyl (C=O) groups is 1. The van der Waals surface area contributed by atoms with Gasteiger partial charge in [-0.1, -0.05) is 0 Å². The molecule has 0 bridgehead atoms. The lowest BCUT2D eigenvalue weighted by atomic mass is 10.0. The van der Waals surface area contributed by atoms with Crippen LogP contribution in [0, 0.1) is 13.8 Å². The lowest BCUT2D eigenvalue weighted by Crippen LogP contribution is -2.36. The minimum atomic E-state index is 0.230. The normalized spacial score (nSPS) is 16.6. The fourth-order valence-corrected chi connectivity index (χ4v) is 4.71. The second-order valence-corrected chi connectivity index (χ2v) is 8.36. The average molecular weight is 433 g/mol. The second-order valence-electron chi connectivity index (χ2n) is 8.36. The first-order valence-corrected chi connectivity index (χ1v) is 11.2. The predicted molar refractivity (Wildman–Crippen MR) is 124 cm³/mol. The zero-order valence-corrected chi connectivity index (χ0v) is 18.6. The van der Waals surface area contributed by atoms with Crippen LogP contribution in [-0.4, -0.2) is 51.6 Å². The van der Waals surface area contributed by atoms with Crippen molar-refractivity contribution >= 4 is 23.2 Å². The topological polar surface area (TPSA) is 85.2 Å². The number of fused-ring (bicyclic) bond motifs is 1. The van der Waals surface area contributed by atoms with Crippen molar-refractivity contribution < 1.29 is 9.53 Å². The van der Waals surface area contributed by atoms with Crippen LogP contribution in [0.5, 0.6) is 0 Å². The van der Waals surface area contributed by atoms with Gasteiger partial charge in [-0.3, -0.25) is 4.79 Å². The summed E-state index contributed by atoms with van der Waals surface area (Å²) in [5, 5.41) is 3.26. The number of hydrogen-bond donors (Lipinski definition) is 1. The SMILES string of the molecule is Cc1c(-c2ccnc(Nc3ccc(N4CCOCC4)nc3)n2)c(C)n2c1C(=O)CCCC2. The van der Waals surface area contributed by atoms with Crippen LogP contribution in [0.3, 0.4) is 0 Å². The number of anilines is 3. The van der Waals surface area contributed by atoms with Gasteiger partial charge in [0.25, 0.3) is 0 Å². The van der Waals surface area contributed by atoms with Crippen molar-refractivity contribution in [3.63, 3.8) is 0 Å². The van der Waals surface area contributed by atoms with Crippen molar-refractivity contribution in [3.05, 3.63) is 47.5 Å². The van der Waals surface area contributed by atoms with Crippen molar-refractivity contribution in [2.45, 2.75) is 39.7 Å². The molecule has 5 heterocycles. The van der Waals surface area contributed by atoms with Crippen molar-refractivity contribution in [1.29, 1.82) is 0 Å². The molecule has 0 radical (unpaired) electrons. The van der Waals surface area contributed by atoms with E-state index in [2.05, 4.69) is 31.7 Å². The molecule has 5 rings (SSSR count). The van der Waals surface area contributed by atoms with Crippen LogP contribution in [-0.2, 0) is 11.3 Å². The van der Waals surface area contributed by atoms with Gasteiger partial charge in [0.05, 0.1) is 36.5 Å². The van der Waals surface area contributed by atoms with Crippen LogP contribution in [0.1, 0.15) is 41.0 Å². The zero-order chi connectivity index (χ0) is 22.1. The largest absolute Gasteiger partial charge is 0.378 e. The van der Waals surface area contributed by atoms with Crippen LogP contribution >= 0.6 is 0 Å². The maximum Gasteiger partial charge on any atom is 0.227 e. The Morgan fingerprint density at radius 3 is 2.66 bits per heavy atom. The number of ether oxygens (including phenoxy) is 1. The second kappa shape index (κ2) is 8.70. The molecule has 0 spiro atoms. The standard InChI is InChI=1S/C24H28N6O2/c1-16-22(17(2)30-10-4-3-5-20(31)23(16)30)19-8-9-25-24(28-19)27-18-6-7-21(26-15-18)29-11-13-32-14-12-29/h6-9,15H,3-5,10-14H2,1-2H3,(H,25,27,28). The number of hydrogen-bond acceptors (Lipinski definition) is 7. The van der Waals surface area contributed by atoms with Gasteiger partial charge in [0, 0.05) is 43.5 Å². The third-order valence-corrected chi connectivity index (χ3v) is 6.32. The van der Waals surface area contributed by atoms with Gasteiger partial charge in [0.15, 0.2) is 5.78 Å². The molecule has 2 aliphatic rings. The highest BCUT2D eigenvalue weighted by Crippen LogP contribution is 2.34. The molecule has 8 nitrogen and oxygen atoms in total. The number of nitrogens with one attached hydrogen (secondary N) is 1. The van der Waals surface area contributed by atoms with Crippen LogP contribution in [0.2, 0.25) is 0 Å². The zero-order valence-electron chi connectivity index (χ0n) is 18.6. The fraction of sp³-hybridized carbons (Fsp3) is 0.417. The van der Waals surface area contributed by atoms with Gasteiger partial charge in [-0.15, -0.1) is 0 Å². The van der Waals surface area contributed by atoms with Crippen LogP contribution in [0.4, 0.5) is 17.5 Å². The Kier molecular flexibility index (Phi) is 5.61. The summed E-state index contributed by atoms with van der Waals surface area (Å²) in [6.45, 7) is 8.16. The molecule has 0 saturated carbocycles. The monoisotopic (exact) mass is 432 g/mol. The molecule has 0 amide bonds. The first-order valence-electron chi connectivity index (χ1n) is 11.2. The Labute approximate surface area is 187 Å². The molecule has 0 atom stereocenters. The molecule has 0 unspecified atom stereocenters. The van der Waals surface area contributed by atoms with E-state index in [1.807, 2.05) is 25.1 Å². The number of Topliss-reactive ketones (excluding diaryl/α,β-unsaturated/α-hetero) is 1. The number of rotatable bonds is 4. The lowest BCUT2D eigenvalue weighted by molar-refractivity contribution is 0.0976. The minimum absolute atomic E-state index is 0.230. The van der Waals surface area contributed by atoms with Crippen molar-refractivity contribution in [1.82, 2.24) is 19.5 Å². The van der Waals surface area contributed by atoms with Gasteiger partial charge in [-0.25, -0.2) is 15.0 Å². The summed E-state index contributed by atoms with van der Waals surface area (Å²) in [5.74, 6) is 1.68. The Hall–Kier alpha value is -3.26. The molecule has 1 fully saturated rings. The van der Waals surface area contributed by atoms with Gasteiger partial charge >= 0.3 is 0 Å². The molecule has 8 heteroatoms. The Balaban J connectivity index is 1.40. The molecule has 1 N–H and O–H groups in total. The van der Waals surface area contributed by atoms with E-state index < -0.39 is 0 Å². The van der Waals surface area contributed by atoms with Crippen molar-refractivity contribution in [2.24, 2.45) is 0 Å². The Bertz CT molecular complexity index is 1130. The highest BCUT2D eigenvalue weighted by atomic mass is 16.5. The maximum absolute atomic E-state index is 12.7. The van der Waals surface area contributed by atoms with Gasteiger partial charge in [-0.2, -0.15) is 0 Å². The quantitative estimate of drug-likeness (QED) is 0.669. The molecular weight excluding hydrogens is 404 g/mol. The van der Waals surface area contributed by atoms with E-state index in [0.29, 0.717) is 12.4 Å². The summed E-state index contributed by atoms with van der Waals surface area (Å²) in [5.41, 5.74) is 5.62. The third-order valence-electron chi connectivity index (χ3n) is 6.32. The summed E-state index contributed by atoms with van der Waals surface area (Å²) in [7, 11) is 0. The van der Waals surface area contributed by atoms with Gasteiger partial charge in [0.1, 0.15) is 5.82 Å². The Morgan fingerprint density at radius 1 is 1.03 bits per heavy atom. The van der Waals surface area contributed by atoms with E-state index in [9.17, 15) is 4.79 Å². The molecule has 0 aromatic carbocycles.